The fourth-order valence-corrected chi connectivity index (χ4v) is 0.390. The van der Waals surface area contributed by atoms with Crippen LogP contribution in [-0.2, 0) is 4.79 Å². The Morgan fingerprint density at radius 1 is 1.23 bits per heavy atom. The van der Waals surface area contributed by atoms with Crippen molar-refractivity contribution in [2.24, 2.45) is 0 Å². The zero-order valence-electron chi connectivity index (χ0n) is 8.73. The van der Waals surface area contributed by atoms with E-state index in [1.807, 2.05) is 13.8 Å². The predicted molar refractivity (Wildman–Crippen MR) is 55.2 cm³/mol. The molecule has 0 aliphatic heterocycles. The number of rotatable bonds is 3. The minimum Gasteiger partial charge on any atom is -0.295 e. The molecule has 0 fully saturated rings. The highest BCUT2D eigenvalue weighted by atomic mass is 19.1. The Hall–Kier alpha value is -1.18. The Labute approximate surface area is 79.7 Å². The molecule has 0 aromatic rings. The number of Topliss-reactive ketones (excluding diaryl/α,β-unsaturated/α-hetero) is 1. The van der Waals surface area contributed by atoms with Crippen LogP contribution in [0.25, 0.3) is 0 Å². The van der Waals surface area contributed by atoms with Gasteiger partial charge in [0.25, 0.3) is 0 Å². The molecule has 0 aromatic carbocycles. The second-order valence-electron chi connectivity index (χ2n) is 2.16. The molecule has 0 spiro atoms. The van der Waals surface area contributed by atoms with Crippen molar-refractivity contribution in [2.45, 2.75) is 27.7 Å². The molecular formula is C11H17FO. The Balaban J connectivity index is 0. The summed E-state index contributed by atoms with van der Waals surface area (Å²) in [5, 5.41) is 0. The lowest BCUT2D eigenvalue weighted by molar-refractivity contribution is -0.113. The molecule has 0 N–H and O–H groups in total. The summed E-state index contributed by atoms with van der Waals surface area (Å²) in [6, 6.07) is 0. The summed E-state index contributed by atoms with van der Waals surface area (Å²) in [7, 11) is 0. The van der Waals surface area contributed by atoms with E-state index in [2.05, 4.69) is 6.58 Å². The van der Waals surface area contributed by atoms with Crippen molar-refractivity contribution in [3.8, 4) is 0 Å². The van der Waals surface area contributed by atoms with Crippen molar-refractivity contribution in [1.29, 1.82) is 0 Å². The summed E-state index contributed by atoms with van der Waals surface area (Å²) >= 11 is 0. The molecule has 0 heterocycles. The standard InChI is InChI=1S/C9H11FO.C2H6/c1-4-9(10)6-5-7(2)8(3)11;1-2/h4-6H,1H2,2-3H3;1-2H3/b7-5+,9-6+;. The number of ketones is 1. The van der Waals surface area contributed by atoms with Crippen molar-refractivity contribution >= 4 is 5.78 Å². The molecule has 0 saturated carbocycles. The van der Waals surface area contributed by atoms with Crippen molar-refractivity contribution in [3.63, 3.8) is 0 Å². The van der Waals surface area contributed by atoms with E-state index in [0.717, 1.165) is 6.08 Å². The van der Waals surface area contributed by atoms with Crippen LogP contribution in [0.2, 0.25) is 0 Å². The van der Waals surface area contributed by atoms with Gasteiger partial charge in [0.05, 0.1) is 0 Å². The monoisotopic (exact) mass is 184 g/mol. The lowest BCUT2D eigenvalue weighted by Gasteiger charge is -1.88. The second-order valence-corrected chi connectivity index (χ2v) is 2.16. The van der Waals surface area contributed by atoms with Crippen LogP contribution in [0.1, 0.15) is 27.7 Å². The highest BCUT2D eigenvalue weighted by Gasteiger charge is 1.92. The molecule has 0 unspecified atom stereocenters. The molecule has 0 aromatic heterocycles. The molecule has 0 aliphatic rings. The van der Waals surface area contributed by atoms with Crippen LogP contribution in [-0.4, -0.2) is 5.78 Å². The number of hydrogen-bond acceptors (Lipinski definition) is 1. The molecule has 0 saturated heterocycles. The van der Waals surface area contributed by atoms with Crippen LogP contribution in [0.15, 0.2) is 36.2 Å². The van der Waals surface area contributed by atoms with Gasteiger partial charge in [-0.15, -0.1) is 0 Å². The van der Waals surface area contributed by atoms with Crippen molar-refractivity contribution in [1.82, 2.24) is 0 Å². The Bertz CT molecular complexity index is 224. The highest BCUT2D eigenvalue weighted by Crippen LogP contribution is 2.00. The van der Waals surface area contributed by atoms with Gasteiger partial charge in [-0.25, -0.2) is 4.39 Å². The van der Waals surface area contributed by atoms with Crippen molar-refractivity contribution in [2.75, 3.05) is 0 Å². The smallest absolute Gasteiger partial charge is 0.155 e. The molecule has 0 radical (unpaired) electrons. The fraction of sp³-hybridized carbons (Fsp3) is 0.364. The minimum absolute atomic E-state index is 0.0573. The van der Waals surface area contributed by atoms with E-state index in [9.17, 15) is 9.18 Å². The van der Waals surface area contributed by atoms with Gasteiger partial charge in [-0.2, -0.15) is 0 Å². The number of carbonyl (C=O) groups excluding carboxylic acids is 1. The van der Waals surface area contributed by atoms with Crippen LogP contribution in [0, 0.1) is 0 Å². The second kappa shape index (κ2) is 8.91. The maximum Gasteiger partial charge on any atom is 0.155 e. The third-order valence-electron chi connectivity index (χ3n) is 1.24. The summed E-state index contributed by atoms with van der Waals surface area (Å²) in [5.74, 6) is -0.497. The molecule has 0 bridgehead atoms. The van der Waals surface area contributed by atoms with E-state index >= 15 is 0 Å². The Kier molecular flexibility index (Phi) is 9.84. The number of hydrogen-bond donors (Lipinski definition) is 0. The van der Waals surface area contributed by atoms with Gasteiger partial charge in [0.15, 0.2) is 5.78 Å². The summed E-state index contributed by atoms with van der Waals surface area (Å²) in [6.45, 7) is 10.3. The van der Waals surface area contributed by atoms with E-state index in [-0.39, 0.29) is 5.78 Å². The average molecular weight is 184 g/mol. The Morgan fingerprint density at radius 2 is 1.69 bits per heavy atom. The highest BCUT2D eigenvalue weighted by molar-refractivity contribution is 5.92. The van der Waals surface area contributed by atoms with Crippen LogP contribution in [0.3, 0.4) is 0 Å². The first-order valence-electron chi connectivity index (χ1n) is 4.25. The number of allylic oxidation sites excluding steroid dienone is 5. The molecule has 0 atom stereocenters. The molecule has 0 aliphatic carbocycles. The van der Waals surface area contributed by atoms with Gasteiger partial charge in [0.1, 0.15) is 5.83 Å². The van der Waals surface area contributed by atoms with E-state index in [4.69, 9.17) is 0 Å². The van der Waals surface area contributed by atoms with E-state index in [1.165, 1.54) is 19.1 Å². The lowest BCUT2D eigenvalue weighted by atomic mass is 10.2. The molecule has 13 heavy (non-hydrogen) atoms. The van der Waals surface area contributed by atoms with Gasteiger partial charge in [0, 0.05) is 0 Å². The van der Waals surface area contributed by atoms with Gasteiger partial charge in [-0.05, 0) is 31.6 Å². The van der Waals surface area contributed by atoms with Crippen molar-refractivity contribution in [3.05, 3.63) is 36.2 Å². The van der Waals surface area contributed by atoms with Crippen LogP contribution >= 0.6 is 0 Å². The van der Waals surface area contributed by atoms with E-state index in [0.29, 0.717) is 5.57 Å². The summed E-state index contributed by atoms with van der Waals surface area (Å²) in [6.07, 6.45) is 3.73. The van der Waals surface area contributed by atoms with Crippen molar-refractivity contribution < 1.29 is 9.18 Å². The topological polar surface area (TPSA) is 17.1 Å². The number of halogens is 1. The molecule has 0 rings (SSSR count). The van der Waals surface area contributed by atoms with E-state index in [1.54, 1.807) is 6.92 Å². The van der Waals surface area contributed by atoms with Gasteiger partial charge in [-0.1, -0.05) is 26.5 Å². The fourth-order valence-electron chi connectivity index (χ4n) is 0.390. The predicted octanol–water partition coefficient (Wildman–Crippen LogP) is 3.59. The van der Waals surface area contributed by atoms with E-state index < -0.39 is 5.83 Å². The van der Waals surface area contributed by atoms with Gasteiger partial charge < -0.3 is 0 Å². The molecular weight excluding hydrogens is 167 g/mol. The average Bonchev–Trinajstić information content (AvgIpc) is 2.16. The zero-order valence-corrected chi connectivity index (χ0v) is 8.73. The van der Waals surface area contributed by atoms with Gasteiger partial charge >= 0.3 is 0 Å². The largest absolute Gasteiger partial charge is 0.295 e. The summed E-state index contributed by atoms with van der Waals surface area (Å²) < 4.78 is 12.3. The summed E-state index contributed by atoms with van der Waals surface area (Å²) in [5.41, 5.74) is 0.530. The van der Waals surface area contributed by atoms with Crippen LogP contribution in [0.5, 0.6) is 0 Å². The third-order valence-corrected chi connectivity index (χ3v) is 1.24. The first-order chi connectivity index (χ1) is 6.07. The summed E-state index contributed by atoms with van der Waals surface area (Å²) in [4.78, 5) is 10.6. The van der Waals surface area contributed by atoms with Gasteiger partial charge in [0.2, 0.25) is 0 Å². The minimum atomic E-state index is -0.439. The molecule has 2 heteroatoms. The lowest BCUT2D eigenvalue weighted by Crippen LogP contribution is -1.89. The van der Waals surface area contributed by atoms with Gasteiger partial charge in [-0.3, -0.25) is 4.79 Å². The Morgan fingerprint density at radius 3 is 2.00 bits per heavy atom. The maximum atomic E-state index is 12.3. The molecule has 1 nitrogen and oxygen atoms in total. The first-order valence-corrected chi connectivity index (χ1v) is 4.25. The first kappa shape index (κ1) is 14.3. The number of carbonyl (C=O) groups is 1. The molecule has 74 valence electrons. The SMILES string of the molecule is C=C/C(F)=C\C=C(/C)C(C)=O.CC. The van der Waals surface area contributed by atoms with Crippen LogP contribution < -0.4 is 0 Å². The third kappa shape index (κ3) is 8.73. The maximum absolute atomic E-state index is 12.3. The zero-order chi connectivity index (χ0) is 10.9. The quantitative estimate of drug-likeness (QED) is 0.484. The normalized spacial score (nSPS) is 11.5. The van der Waals surface area contributed by atoms with Crippen LogP contribution in [0.4, 0.5) is 4.39 Å². The molecule has 0 amide bonds.